The number of hydrogen-bond acceptors (Lipinski definition) is 4. The number of halogens is 1. The third kappa shape index (κ3) is 2.52. The standard InChI is InChI=1S/C15H12IN3O3/c1-22-10-7-5-9(6-8-10)14(16)15-13-11(17-18-15)3-2-4-12(13)19(20)21/h2-8,14H,1H3,(H,17,18). The molecule has 0 aliphatic rings. The number of hydrogen-bond donors (Lipinski definition) is 1. The summed E-state index contributed by atoms with van der Waals surface area (Å²) in [6, 6.07) is 12.5. The Kier molecular flexibility index (Phi) is 3.97. The van der Waals surface area contributed by atoms with Crippen molar-refractivity contribution in [2.45, 2.75) is 3.92 Å². The summed E-state index contributed by atoms with van der Waals surface area (Å²) in [5, 5.41) is 18.9. The van der Waals surface area contributed by atoms with E-state index in [4.69, 9.17) is 4.74 Å². The Morgan fingerprint density at radius 2 is 2.00 bits per heavy atom. The second-order valence-electron chi connectivity index (χ2n) is 4.70. The minimum Gasteiger partial charge on any atom is -0.497 e. The van der Waals surface area contributed by atoms with E-state index in [1.165, 1.54) is 6.07 Å². The van der Waals surface area contributed by atoms with Crippen molar-refractivity contribution >= 4 is 39.2 Å². The fraction of sp³-hybridized carbons (Fsp3) is 0.133. The van der Waals surface area contributed by atoms with E-state index < -0.39 is 0 Å². The molecule has 0 saturated heterocycles. The van der Waals surface area contributed by atoms with Crippen LogP contribution in [0.5, 0.6) is 5.75 Å². The summed E-state index contributed by atoms with van der Waals surface area (Å²) >= 11 is 2.25. The minimum absolute atomic E-state index is 0.0661. The van der Waals surface area contributed by atoms with Crippen molar-refractivity contribution in [3.8, 4) is 5.75 Å². The first-order chi connectivity index (χ1) is 10.6. The molecule has 7 heteroatoms. The number of nitrogens with one attached hydrogen (secondary N) is 1. The first-order valence-electron chi connectivity index (χ1n) is 6.51. The van der Waals surface area contributed by atoms with E-state index in [2.05, 4.69) is 32.8 Å². The van der Waals surface area contributed by atoms with Gasteiger partial charge in [0.25, 0.3) is 5.69 Å². The average molecular weight is 409 g/mol. The second kappa shape index (κ2) is 5.91. The van der Waals surface area contributed by atoms with Gasteiger partial charge in [0, 0.05) is 6.07 Å². The summed E-state index contributed by atoms with van der Waals surface area (Å²) in [6.07, 6.45) is 0. The van der Waals surface area contributed by atoms with Gasteiger partial charge in [0.05, 0.1) is 27.2 Å². The van der Waals surface area contributed by atoms with Gasteiger partial charge >= 0.3 is 0 Å². The predicted octanol–water partition coefficient (Wildman–Crippen LogP) is 4.00. The molecule has 0 fully saturated rings. The number of ether oxygens (including phenoxy) is 1. The third-order valence-corrected chi connectivity index (χ3v) is 4.79. The molecular formula is C15H12IN3O3. The maximum atomic E-state index is 11.3. The predicted molar refractivity (Wildman–Crippen MR) is 91.6 cm³/mol. The van der Waals surface area contributed by atoms with Crippen LogP contribution < -0.4 is 4.74 Å². The van der Waals surface area contributed by atoms with E-state index >= 15 is 0 Å². The number of nitro benzene ring substituents is 1. The number of rotatable bonds is 4. The summed E-state index contributed by atoms with van der Waals surface area (Å²) in [4.78, 5) is 10.9. The maximum Gasteiger partial charge on any atom is 0.280 e. The van der Waals surface area contributed by atoms with Gasteiger partial charge in [0.2, 0.25) is 0 Å². The van der Waals surface area contributed by atoms with Gasteiger partial charge < -0.3 is 4.74 Å². The quantitative estimate of drug-likeness (QED) is 0.306. The SMILES string of the molecule is COc1ccc(C(I)c2[nH]nc3cccc([N+](=O)[O-])c23)cc1. The molecule has 3 rings (SSSR count). The highest BCUT2D eigenvalue weighted by molar-refractivity contribution is 14.1. The normalized spacial score (nSPS) is 12.3. The zero-order valence-corrected chi connectivity index (χ0v) is 13.8. The Morgan fingerprint density at radius 3 is 2.64 bits per heavy atom. The Balaban J connectivity index is 2.10. The zero-order chi connectivity index (χ0) is 15.7. The fourth-order valence-corrected chi connectivity index (χ4v) is 3.21. The minimum atomic E-state index is -0.376. The topological polar surface area (TPSA) is 81.0 Å². The Morgan fingerprint density at radius 1 is 1.27 bits per heavy atom. The third-order valence-electron chi connectivity index (χ3n) is 3.45. The van der Waals surface area contributed by atoms with E-state index in [0.717, 1.165) is 17.0 Å². The zero-order valence-electron chi connectivity index (χ0n) is 11.6. The number of nitro groups is 1. The summed E-state index contributed by atoms with van der Waals surface area (Å²) in [5.74, 6) is 0.771. The van der Waals surface area contributed by atoms with Gasteiger partial charge in [-0.05, 0) is 23.8 Å². The lowest BCUT2D eigenvalue weighted by Gasteiger charge is -2.10. The van der Waals surface area contributed by atoms with E-state index in [0.29, 0.717) is 10.9 Å². The van der Waals surface area contributed by atoms with Gasteiger partial charge in [-0.15, -0.1) is 0 Å². The largest absolute Gasteiger partial charge is 0.497 e. The fourth-order valence-electron chi connectivity index (χ4n) is 2.35. The molecular weight excluding hydrogens is 397 g/mol. The van der Waals surface area contributed by atoms with Crippen LogP contribution in [0.1, 0.15) is 15.2 Å². The molecule has 0 amide bonds. The number of benzene rings is 2. The van der Waals surface area contributed by atoms with Crippen LogP contribution in [0.4, 0.5) is 5.69 Å². The average Bonchev–Trinajstić information content (AvgIpc) is 2.98. The molecule has 0 saturated carbocycles. The number of aromatic nitrogens is 2. The number of methoxy groups -OCH3 is 1. The van der Waals surface area contributed by atoms with Gasteiger partial charge in [-0.2, -0.15) is 5.10 Å². The maximum absolute atomic E-state index is 11.3. The molecule has 1 N–H and O–H groups in total. The Hall–Kier alpha value is -2.16. The highest BCUT2D eigenvalue weighted by Crippen LogP contribution is 2.38. The molecule has 1 aromatic heterocycles. The van der Waals surface area contributed by atoms with E-state index in [-0.39, 0.29) is 14.5 Å². The van der Waals surface area contributed by atoms with Gasteiger partial charge in [0.1, 0.15) is 11.1 Å². The highest BCUT2D eigenvalue weighted by atomic mass is 127. The van der Waals surface area contributed by atoms with Crippen LogP contribution in [0.3, 0.4) is 0 Å². The molecule has 6 nitrogen and oxygen atoms in total. The molecule has 2 aromatic carbocycles. The molecule has 0 radical (unpaired) electrons. The van der Waals surface area contributed by atoms with Crippen LogP contribution in [0.25, 0.3) is 10.9 Å². The first kappa shape index (κ1) is 14.8. The second-order valence-corrected chi connectivity index (χ2v) is 5.95. The van der Waals surface area contributed by atoms with Crippen LogP contribution >= 0.6 is 22.6 Å². The van der Waals surface area contributed by atoms with Crippen molar-refractivity contribution in [1.29, 1.82) is 0 Å². The number of fused-ring (bicyclic) bond motifs is 1. The van der Waals surface area contributed by atoms with E-state index in [1.54, 1.807) is 19.2 Å². The van der Waals surface area contributed by atoms with Crippen LogP contribution in [0.15, 0.2) is 42.5 Å². The van der Waals surface area contributed by atoms with Gasteiger partial charge in [-0.3, -0.25) is 15.2 Å². The molecule has 3 aromatic rings. The molecule has 22 heavy (non-hydrogen) atoms. The highest BCUT2D eigenvalue weighted by Gasteiger charge is 2.23. The van der Waals surface area contributed by atoms with Gasteiger partial charge in [-0.25, -0.2) is 0 Å². The van der Waals surface area contributed by atoms with Crippen molar-refractivity contribution in [2.75, 3.05) is 7.11 Å². The lowest BCUT2D eigenvalue weighted by molar-refractivity contribution is -0.383. The van der Waals surface area contributed by atoms with Crippen LogP contribution in [0, 0.1) is 10.1 Å². The van der Waals surface area contributed by atoms with Gasteiger partial charge in [0.15, 0.2) is 0 Å². The van der Waals surface area contributed by atoms with E-state index in [9.17, 15) is 10.1 Å². The van der Waals surface area contributed by atoms with Crippen LogP contribution in [-0.4, -0.2) is 22.2 Å². The molecule has 112 valence electrons. The lowest BCUT2D eigenvalue weighted by atomic mass is 10.1. The first-order valence-corrected chi connectivity index (χ1v) is 7.75. The lowest BCUT2D eigenvalue weighted by Crippen LogP contribution is -1.96. The van der Waals surface area contributed by atoms with Crippen LogP contribution in [0.2, 0.25) is 0 Å². The summed E-state index contributed by atoms with van der Waals surface area (Å²) in [6.45, 7) is 0. The summed E-state index contributed by atoms with van der Waals surface area (Å²) in [5.41, 5.74) is 2.41. The monoisotopic (exact) mass is 409 g/mol. The Labute approximate surface area is 139 Å². The van der Waals surface area contributed by atoms with Crippen molar-refractivity contribution in [1.82, 2.24) is 10.2 Å². The Bertz CT molecular complexity index is 830. The molecule has 1 atom stereocenters. The van der Waals surface area contributed by atoms with Crippen molar-refractivity contribution in [3.05, 3.63) is 63.8 Å². The van der Waals surface area contributed by atoms with Crippen LogP contribution in [-0.2, 0) is 0 Å². The molecule has 0 spiro atoms. The molecule has 0 bridgehead atoms. The number of H-pyrrole nitrogens is 1. The number of aromatic amines is 1. The van der Waals surface area contributed by atoms with E-state index in [1.807, 2.05) is 24.3 Å². The van der Waals surface area contributed by atoms with Crippen molar-refractivity contribution in [3.63, 3.8) is 0 Å². The molecule has 1 unspecified atom stereocenters. The molecule has 1 heterocycles. The van der Waals surface area contributed by atoms with Gasteiger partial charge in [-0.1, -0.05) is 40.8 Å². The number of non-ortho nitro benzene ring substituents is 1. The number of nitrogens with zero attached hydrogens (tertiary/aromatic N) is 2. The van der Waals surface area contributed by atoms with Crippen molar-refractivity contribution in [2.24, 2.45) is 0 Å². The summed E-state index contributed by atoms with van der Waals surface area (Å²) < 4.78 is 5.07. The summed E-state index contributed by atoms with van der Waals surface area (Å²) in [7, 11) is 1.61. The molecule has 0 aliphatic heterocycles. The van der Waals surface area contributed by atoms with Crippen molar-refractivity contribution < 1.29 is 9.66 Å². The number of alkyl halides is 1. The molecule has 0 aliphatic carbocycles. The smallest absolute Gasteiger partial charge is 0.280 e.